The standard InChI is InChI=1S/C45H65NO11/c1-26(2)39-24-36(49)30(6)23-31(7)44(53)32(8)37(50)25-40(55-10)33(9)38(56-42(52)22-21-41(51)46-43-34(47)18-19-35(43)48)20-17-28(4)14-11-13-27(3)15-12-16-29(5)45(54)57-39/h11-17,21-22,26,30-33,37-40,44,47,50,53H,18-20,23-25H2,1-10H3,(H,46,51)/b14-11+,15-12+,22-21+,27-13+,28-17-,29-16+/t30-,31+,32-,33+,37+,38+,39-,40-,44-/m1/s1. The molecule has 1 heterocycles. The van der Waals surface area contributed by atoms with E-state index in [1.165, 1.54) is 7.11 Å². The van der Waals surface area contributed by atoms with Gasteiger partial charge < -0.3 is 34.8 Å². The molecule has 1 aliphatic carbocycles. The number of ether oxygens (including phenoxy) is 3. The molecule has 2 rings (SSSR count). The summed E-state index contributed by atoms with van der Waals surface area (Å²) in [5, 5.41) is 34.9. The third-order valence-electron chi connectivity index (χ3n) is 10.8. The highest BCUT2D eigenvalue weighted by molar-refractivity contribution is 6.04. The molecule has 0 aromatic carbocycles. The Kier molecular flexibility index (Phi) is 20.3. The summed E-state index contributed by atoms with van der Waals surface area (Å²) in [6, 6.07) is 0. The number of nitrogens with one attached hydrogen (secondary N) is 1. The Morgan fingerprint density at radius 1 is 0.895 bits per heavy atom. The molecule has 0 spiro atoms. The van der Waals surface area contributed by atoms with Gasteiger partial charge in [0.25, 0.3) is 0 Å². The molecule has 0 bridgehead atoms. The smallest absolute Gasteiger partial charge is 0.334 e. The van der Waals surface area contributed by atoms with E-state index >= 15 is 0 Å². The molecule has 2 aliphatic rings. The van der Waals surface area contributed by atoms with E-state index < -0.39 is 71.9 Å². The van der Waals surface area contributed by atoms with Crippen molar-refractivity contribution in [2.24, 2.45) is 29.6 Å². The second-order valence-corrected chi connectivity index (χ2v) is 16.0. The summed E-state index contributed by atoms with van der Waals surface area (Å²) < 4.78 is 17.5. The number of esters is 2. The molecule has 12 nitrogen and oxygen atoms in total. The molecule has 9 atom stereocenters. The van der Waals surface area contributed by atoms with Crippen LogP contribution in [-0.4, -0.2) is 82.4 Å². The number of allylic oxidation sites excluding steroid dienone is 10. The fraction of sp³-hybridized carbons (Fsp3) is 0.578. The lowest BCUT2D eigenvalue weighted by atomic mass is 9.80. The number of aliphatic hydroxyl groups is 3. The number of rotatable bonds is 6. The maximum Gasteiger partial charge on any atom is 0.334 e. The van der Waals surface area contributed by atoms with Crippen molar-refractivity contribution in [3.8, 4) is 0 Å². The van der Waals surface area contributed by atoms with E-state index in [2.05, 4.69) is 5.32 Å². The molecule has 0 saturated carbocycles. The molecular formula is C45H65NO11. The van der Waals surface area contributed by atoms with Crippen LogP contribution < -0.4 is 5.32 Å². The number of hydrogen-bond donors (Lipinski definition) is 4. The lowest BCUT2D eigenvalue weighted by Crippen LogP contribution is -2.41. The summed E-state index contributed by atoms with van der Waals surface area (Å²) in [4.78, 5) is 63.8. The van der Waals surface area contributed by atoms with Gasteiger partial charge in [0.05, 0.1) is 18.3 Å². The minimum absolute atomic E-state index is 0.0443. The molecule has 316 valence electrons. The first kappa shape index (κ1) is 48.8. The van der Waals surface area contributed by atoms with E-state index in [-0.39, 0.29) is 61.2 Å². The van der Waals surface area contributed by atoms with Gasteiger partial charge in [-0.25, -0.2) is 9.59 Å². The number of Topliss-reactive ketones (excluding diaryl/α,β-unsaturated/α-hetero) is 2. The average Bonchev–Trinajstić information content (AvgIpc) is 3.47. The quantitative estimate of drug-likeness (QED) is 0.167. The fourth-order valence-electron chi connectivity index (χ4n) is 6.68. The number of carbonyl (C=O) groups is 5. The second-order valence-electron chi connectivity index (χ2n) is 16.0. The lowest BCUT2D eigenvalue weighted by Gasteiger charge is -2.34. The van der Waals surface area contributed by atoms with Crippen molar-refractivity contribution in [1.82, 2.24) is 5.32 Å². The Labute approximate surface area is 338 Å². The van der Waals surface area contributed by atoms with Gasteiger partial charge in [-0.1, -0.05) is 95.2 Å². The van der Waals surface area contributed by atoms with Crippen molar-refractivity contribution in [3.63, 3.8) is 0 Å². The van der Waals surface area contributed by atoms with Crippen LogP contribution in [0.2, 0.25) is 0 Å². The van der Waals surface area contributed by atoms with Crippen molar-refractivity contribution in [2.45, 2.75) is 131 Å². The van der Waals surface area contributed by atoms with Crippen molar-refractivity contribution in [2.75, 3.05) is 7.11 Å². The molecule has 1 aliphatic heterocycles. The van der Waals surface area contributed by atoms with Gasteiger partial charge in [-0.2, -0.15) is 0 Å². The number of aliphatic hydroxyl groups excluding tert-OH is 3. The molecule has 0 unspecified atom stereocenters. The lowest BCUT2D eigenvalue weighted by molar-refractivity contribution is -0.149. The number of amides is 1. The van der Waals surface area contributed by atoms with Gasteiger partial charge in [0, 0.05) is 74.7 Å². The Morgan fingerprint density at radius 3 is 2.16 bits per heavy atom. The molecule has 0 radical (unpaired) electrons. The normalized spacial score (nSPS) is 33.7. The van der Waals surface area contributed by atoms with Gasteiger partial charge in [-0.15, -0.1) is 0 Å². The van der Waals surface area contributed by atoms with Crippen molar-refractivity contribution in [3.05, 3.63) is 82.9 Å². The fourth-order valence-corrected chi connectivity index (χ4v) is 6.68. The monoisotopic (exact) mass is 795 g/mol. The zero-order chi connectivity index (χ0) is 43.0. The SMILES string of the molecule is CO[C@@H]1C[C@H](O)[C@@H](C)[C@H](O)[C@@H](C)C[C@@H](C)C(=O)C[C@H](C(C)C)OC(=O)/C(C)=C/C=C/C(C)=C/C=C/C(C)=C\C[C@H](OC(=O)/C=C/C(=O)NC2=C(O)CCC2=O)[C@@H]1C. The van der Waals surface area contributed by atoms with Gasteiger partial charge in [0.15, 0.2) is 5.78 Å². The minimum Gasteiger partial charge on any atom is -0.510 e. The molecular weight excluding hydrogens is 730 g/mol. The summed E-state index contributed by atoms with van der Waals surface area (Å²) >= 11 is 0. The Bertz CT molecular complexity index is 1640. The summed E-state index contributed by atoms with van der Waals surface area (Å²) in [6.07, 6.45) is 11.7. The summed E-state index contributed by atoms with van der Waals surface area (Å²) in [5.74, 6) is -4.75. The summed E-state index contributed by atoms with van der Waals surface area (Å²) in [7, 11) is 1.49. The van der Waals surface area contributed by atoms with Crippen LogP contribution >= 0.6 is 0 Å². The first-order chi connectivity index (χ1) is 26.7. The minimum atomic E-state index is -1.02. The first-order valence-electron chi connectivity index (χ1n) is 19.9. The summed E-state index contributed by atoms with van der Waals surface area (Å²) in [5.41, 5.74) is 1.98. The number of hydrogen-bond acceptors (Lipinski definition) is 11. The van der Waals surface area contributed by atoms with Crippen LogP contribution in [0.4, 0.5) is 0 Å². The average molecular weight is 796 g/mol. The molecule has 0 saturated heterocycles. The van der Waals surface area contributed by atoms with E-state index in [0.717, 1.165) is 23.3 Å². The van der Waals surface area contributed by atoms with Crippen LogP contribution in [0.15, 0.2) is 82.9 Å². The van der Waals surface area contributed by atoms with E-state index in [0.29, 0.717) is 12.0 Å². The zero-order valence-electron chi connectivity index (χ0n) is 35.3. The van der Waals surface area contributed by atoms with E-state index in [9.17, 15) is 39.3 Å². The molecule has 12 heteroatoms. The van der Waals surface area contributed by atoms with Crippen LogP contribution in [0.3, 0.4) is 0 Å². The molecule has 1 amide bonds. The van der Waals surface area contributed by atoms with Gasteiger partial charge in [0.2, 0.25) is 5.91 Å². The van der Waals surface area contributed by atoms with Crippen molar-refractivity contribution >= 4 is 29.4 Å². The van der Waals surface area contributed by atoms with Crippen LogP contribution in [0.1, 0.15) is 101 Å². The molecule has 57 heavy (non-hydrogen) atoms. The Morgan fingerprint density at radius 2 is 1.54 bits per heavy atom. The molecule has 0 aromatic heterocycles. The highest BCUT2D eigenvalue weighted by Crippen LogP contribution is 2.29. The van der Waals surface area contributed by atoms with Gasteiger partial charge >= 0.3 is 11.9 Å². The number of cyclic esters (lactones) is 1. The predicted molar refractivity (Wildman–Crippen MR) is 218 cm³/mol. The van der Waals surface area contributed by atoms with Gasteiger partial charge in [0.1, 0.15) is 29.4 Å². The third kappa shape index (κ3) is 16.2. The van der Waals surface area contributed by atoms with E-state index in [1.54, 1.807) is 32.9 Å². The van der Waals surface area contributed by atoms with Gasteiger partial charge in [-0.05, 0) is 39.0 Å². The van der Waals surface area contributed by atoms with Crippen LogP contribution in [0.5, 0.6) is 0 Å². The first-order valence-corrected chi connectivity index (χ1v) is 19.9. The number of ketones is 2. The van der Waals surface area contributed by atoms with Crippen LogP contribution in [0.25, 0.3) is 0 Å². The van der Waals surface area contributed by atoms with Crippen molar-refractivity contribution in [1.29, 1.82) is 0 Å². The Hall–Kier alpha value is -4.39. The molecule has 0 aromatic rings. The third-order valence-corrected chi connectivity index (χ3v) is 10.8. The number of carbonyl (C=O) groups excluding carboxylic acids is 5. The van der Waals surface area contributed by atoms with Crippen molar-refractivity contribution < 1.29 is 53.5 Å². The highest BCUT2D eigenvalue weighted by Gasteiger charge is 2.35. The predicted octanol–water partition coefficient (Wildman–Crippen LogP) is 6.65. The molecule has 0 fully saturated rings. The van der Waals surface area contributed by atoms with E-state index in [4.69, 9.17) is 14.2 Å². The highest BCUT2D eigenvalue weighted by atomic mass is 16.5. The van der Waals surface area contributed by atoms with Gasteiger partial charge in [-0.3, -0.25) is 14.4 Å². The zero-order valence-corrected chi connectivity index (χ0v) is 35.3. The van der Waals surface area contributed by atoms with E-state index in [1.807, 2.05) is 71.9 Å². The Balaban J connectivity index is 2.43. The molecule has 4 N–H and O–H groups in total. The summed E-state index contributed by atoms with van der Waals surface area (Å²) in [6.45, 7) is 16.5. The maximum absolute atomic E-state index is 13.4. The topological polar surface area (TPSA) is 186 Å². The van der Waals surface area contributed by atoms with Crippen LogP contribution in [-0.2, 0) is 38.2 Å². The maximum atomic E-state index is 13.4. The largest absolute Gasteiger partial charge is 0.510 e. The van der Waals surface area contributed by atoms with Crippen LogP contribution in [0, 0.1) is 29.6 Å². The number of methoxy groups -OCH3 is 1. The second kappa shape index (κ2) is 23.7.